The Kier molecular flexibility index (Phi) is 4.90. The molecule has 9 heteroatoms. The number of aliphatic hydroxyl groups is 1. The molecule has 26 heavy (non-hydrogen) atoms. The average molecular weight is 369 g/mol. The zero-order valence-electron chi connectivity index (χ0n) is 14.0. The van der Waals surface area contributed by atoms with E-state index < -0.39 is 23.3 Å². The van der Waals surface area contributed by atoms with Crippen LogP contribution >= 0.6 is 0 Å². The summed E-state index contributed by atoms with van der Waals surface area (Å²) in [7, 11) is 1.50. The minimum atomic E-state index is -4.81. The summed E-state index contributed by atoms with van der Waals surface area (Å²) < 4.78 is 46.4. The van der Waals surface area contributed by atoms with Crippen LogP contribution in [-0.4, -0.2) is 41.2 Å². The second-order valence-corrected chi connectivity index (χ2v) is 6.03. The summed E-state index contributed by atoms with van der Waals surface area (Å²) in [6.07, 6.45) is -3.19. The Balaban J connectivity index is 1.98. The van der Waals surface area contributed by atoms with Crippen molar-refractivity contribution >= 4 is 5.69 Å². The number of alkyl halides is 3. The first-order chi connectivity index (χ1) is 12.3. The topological polar surface area (TPSA) is 67.6 Å². The predicted molar refractivity (Wildman–Crippen MR) is 88.4 cm³/mol. The van der Waals surface area contributed by atoms with Crippen LogP contribution in [0.1, 0.15) is 17.5 Å². The number of benzene rings is 1. The van der Waals surface area contributed by atoms with E-state index >= 15 is 0 Å². The van der Waals surface area contributed by atoms with Gasteiger partial charge in [0.05, 0.1) is 38.2 Å². The molecule has 2 heterocycles. The van der Waals surface area contributed by atoms with E-state index in [2.05, 4.69) is 5.10 Å². The second-order valence-electron chi connectivity index (χ2n) is 6.03. The van der Waals surface area contributed by atoms with Crippen molar-refractivity contribution in [2.45, 2.75) is 25.2 Å². The molecule has 0 spiro atoms. The highest BCUT2D eigenvalue weighted by Crippen LogP contribution is 2.37. The number of ether oxygens (including phenoxy) is 1. The SMILES string of the molecule is COc1ccc(Cn2ncc(N3CC[C@@H]3CO)c(C(F)(F)F)c2=O)cc1. The molecule has 2 aromatic rings. The highest BCUT2D eigenvalue weighted by molar-refractivity contribution is 5.55. The van der Waals surface area contributed by atoms with Crippen molar-refractivity contribution in [3.63, 3.8) is 0 Å². The van der Waals surface area contributed by atoms with Crippen molar-refractivity contribution in [1.82, 2.24) is 9.78 Å². The molecule has 1 aromatic carbocycles. The molecule has 1 aliphatic rings. The highest BCUT2D eigenvalue weighted by Gasteiger charge is 2.42. The van der Waals surface area contributed by atoms with E-state index in [1.165, 1.54) is 12.0 Å². The molecule has 0 aliphatic carbocycles. The van der Waals surface area contributed by atoms with Gasteiger partial charge < -0.3 is 14.7 Å². The molecule has 3 rings (SSSR count). The van der Waals surface area contributed by atoms with Crippen LogP contribution in [0, 0.1) is 0 Å². The number of anilines is 1. The normalized spacial score (nSPS) is 17.1. The van der Waals surface area contributed by atoms with Gasteiger partial charge >= 0.3 is 6.18 Å². The third-order valence-corrected chi connectivity index (χ3v) is 4.46. The molecule has 0 unspecified atom stereocenters. The van der Waals surface area contributed by atoms with Gasteiger partial charge in [0.1, 0.15) is 11.3 Å². The molecule has 0 amide bonds. The third-order valence-electron chi connectivity index (χ3n) is 4.46. The van der Waals surface area contributed by atoms with Crippen molar-refractivity contribution in [1.29, 1.82) is 0 Å². The summed E-state index contributed by atoms with van der Waals surface area (Å²) >= 11 is 0. The smallest absolute Gasteiger partial charge is 0.423 e. The summed E-state index contributed by atoms with van der Waals surface area (Å²) in [6.45, 7) is -0.0141. The molecule has 140 valence electrons. The van der Waals surface area contributed by atoms with Crippen molar-refractivity contribution in [3.8, 4) is 5.75 Å². The summed E-state index contributed by atoms with van der Waals surface area (Å²) in [5.41, 5.74) is -2.11. The van der Waals surface area contributed by atoms with Crippen molar-refractivity contribution in [2.75, 3.05) is 25.2 Å². The number of rotatable bonds is 5. The fourth-order valence-electron chi connectivity index (χ4n) is 2.93. The predicted octanol–water partition coefficient (Wildman–Crippen LogP) is 1.89. The van der Waals surface area contributed by atoms with Gasteiger partial charge in [-0.05, 0) is 24.1 Å². The number of methoxy groups -OCH3 is 1. The van der Waals surface area contributed by atoms with Gasteiger partial charge in [-0.1, -0.05) is 12.1 Å². The molecule has 1 atom stereocenters. The zero-order chi connectivity index (χ0) is 18.9. The van der Waals surface area contributed by atoms with Crippen LogP contribution in [0.25, 0.3) is 0 Å². The molecule has 6 nitrogen and oxygen atoms in total. The number of hydrogen-bond acceptors (Lipinski definition) is 5. The van der Waals surface area contributed by atoms with Gasteiger partial charge in [-0.3, -0.25) is 4.79 Å². The van der Waals surface area contributed by atoms with Crippen LogP contribution in [0.2, 0.25) is 0 Å². The molecule has 0 bridgehead atoms. The van der Waals surface area contributed by atoms with Gasteiger partial charge in [-0.2, -0.15) is 18.3 Å². The zero-order valence-corrected chi connectivity index (χ0v) is 14.0. The van der Waals surface area contributed by atoms with E-state index in [1.54, 1.807) is 24.3 Å². The number of nitrogens with zero attached hydrogens (tertiary/aromatic N) is 3. The molecule has 0 saturated carbocycles. The monoisotopic (exact) mass is 369 g/mol. The van der Waals surface area contributed by atoms with Gasteiger partial charge in [0.15, 0.2) is 0 Å². The Bertz CT molecular complexity index is 832. The van der Waals surface area contributed by atoms with E-state index in [0.29, 0.717) is 24.3 Å². The van der Waals surface area contributed by atoms with Gasteiger partial charge in [0.25, 0.3) is 5.56 Å². The maximum Gasteiger partial charge on any atom is 0.423 e. The molecule has 1 aliphatic heterocycles. The van der Waals surface area contributed by atoms with E-state index in [0.717, 1.165) is 10.9 Å². The van der Waals surface area contributed by atoms with E-state index in [4.69, 9.17) is 4.74 Å². The fourth-order valence-corrected chi connectivity index (χ4v) is 2.93. The Labute approximate surface area is 147 Å². The van der Waals surface area contributed by atoms with Crippen molar-refractivity contribution in [3.05, 3.63) is 51.9 Å². The van der Waals surface area contributed by atoms with Crippen LogP contribution in [0.5, 0.6) is 5.75 Å². The van der Waals surface area contributed by atoms with Crippen LogP contribution in [-0.2, 0) is 12.7 Å². The van der Waals surface area contributed by atoms with Crippen LogP contribution in [0.4, 0.5) is 18.9 Å². The first kappa shape index (κ1) is 18.2. The lowest BCUT2D eigenvalue weighted by molar-refractivity contribution is -0.138. The summed E-state index contributed by atoms with van der Waals surface area (Å²) in [5, 5.41) is 13.1. The molecule has 1 aromatic heterocycles. The first-order valence-corrected chi connectivity index (χ1v) is 8.03. The standard InChI is InChI=1S/C17H18F3N3O3/c1-26-13-4-2-11(3-5-13)9-23-16(25)15(17(18,19)20)14(8-21-23)22-7-6-12(22)10-24/h2-5,8,12,24H,6-7,9-10H2,1H3/t12-/m1/s1. The maximum absolute atomic E-state index is 13.5. The van der Waals surface area contributed by atoms with E-state index in [1.807, 2.05) is 0 Å². The number of aromatic nitrogens is 2. The average Bonchev–Trinajstić information content (AvgIpc) is 2.56. The van der Waals surface area contributed by atoms with Gasteiger partial charge in [-0.25, -0.2) is 4.68 Å². The Hall–Kier alpha value is -2.55. The third kappa shape index (κ3) is 3.39. The number of aliphatic hydroxyl groups excluding tert-OH is 1. The van der Waals surface area contributed by atoms with Crippen LogP contribution in [0.3, 0.4) is 0 Å². The van der Waals surface area contributed by atoms with Gasteiger partial charge in [-0.15, -0.1) is 0 Å². The number of halogens is 3. The molecule has 1 N–H and O–H groups in total. The minimum Gasteiger partial charge on any atom is -0.497 e. The van der Waals surface area contributed by atoms with Crippen LogP contribution < -0.4 is 15.2 Å². The van der Waals surface area contributed by atoms with Crippen LogP contribution in [0.15, 0.2) is 35.3 Å². The summed E-state index contributed by atoms with van der Waals surface area (Å²) in [4.78, 5) is 13.8. The Morgan fingerprint density at radius 2 is 2.00 bits per heavy atom. The first-order valence-electron chi connectivity index (χ1n) is 8.03. The molecule has 1 fully saturated rings. The molecular weight excluding hydrogens is 351 g/mol. The van der Waals surface area contributed by atoms with E-state index in [9.17, 15) is 23.1 Å². The lowest BCUT2D eigenvalue weighted by Crippen LogP contribution is -2.51. The molecular formula is C17H18F3N3O3. The highest BCUT2D eigenvalue weighted by atomic mass is 19.4. The van der Waals surface area contributed by atoms with Crippen molar-refractivity contribution in [2.24, 2.45) is 0 Å². The maximum atomic E-state index is 13.5. The summed E-state index contributed by atoms with van der Waals surface area (Å²) in [5.74, 6) is 0.605. The van der Waals surface area contributed by atoms with Crippen molar-refractivity contribution < 1.29 is 23.0 Å². The lowest BCUT2D eigenvalue weighted by atomic mass is 10.0. The second kappa shape index (κ2) is 6.99. The minimum absolute atomic E-state index is 0.0877. The van der Waals surface area contributed by atoms with E-state index in [-0.39, 0.29) is 18.8 Å². The molecule has 1 saturated heterocycles. The van der Waals surface area contributed by atoms with Gasteiger partial charge in [0, 0.05) is 6.54 Å². The fraction of sp³-hybridized carbons (Fsp3) is 0.412. The lowest BCUT2D eigenvalue weighted by Gasteiger charge is -2.42. The largest absolute Gasteiger partial charge is 0.497 e. The van der Waals surface area contributed by atoms with Gasteiger partial charge in [0.2, 0.25) is 0 Å². The molecule has 0 radical (unpaired) electrons. The number of hydrogen-bond donors (Lipinski definition) is 1. The summed E-state index contributed by atoms with van der Waals surface area (Å²) in [6, 6.07) is 6.21. The quantitative estimate of drug-likeness (QED) is 0.872. The Morgan fingerprint density at radius 3 is 2.50 bits per heavy atom. The Morgan fingerprint density at radius 1 is 1.31 bits per heavy atom.